The molecule has 2 aromatic rings. The number of likely N-dealkylation sites (tertiary alicyclic amines) is 1. The topological polar surface area (TPSA) is 47.4 Å². The van der Waals surface area contributed by atoms with Crippen LogP contribution in [0.1, 0.15) is 49.4 Å². The first-order valence-corrected chi connectivity index (χ1v) is 9.62. The van der Waals surface area contributed by atoms with Crippen LogP contribution in [0.2, 0.25) is 0 Å². The van der Waals surface area contributed by atoms with Gasteiger partial charge in [-0.2, -0.15) is 5.10 Å². The van der Waals surface area contributed by atoms with E-state index in [0.717, 1.165) is 24.3 Å². The minimum atomic E-state index is 0.0537. The maximum Gasteiger partial charge on any atom is 0.272 e. The molecule has 1 aliphatic heterocycles. The Hall–Kier alpha value is -2.30. The predicted molar refractivity (Wildman–Crippen MR) is 103 cm³/mol. The lowest BCUT2D eigenvalue weighted by Gasteiger charge is -2.39. The van der Waals surface area contributed by atoms with Gasteiger partial charge < -0.3 is 9.64 Å². The molecule has 0 radical (unpaired) electrons. The maximum atomic E-state index is 12.8. The number of aryl methyl sites for hydroxylation is 2. The molecule has 3 rings (SSSR count). The first-order valence-electron chi connectivity index (χ1n) is 9.62. The van der Waals surface area contributed by atoms with Gasteiger partial charge in [-0.3, -0.25) is 9.48 Å². The number of aromatic nitrogens is 2. The number of carbonyl (C=O) groups excluding carboxylic acids is 1. The van der Waals surface area contributed by atoms with Crippen LogP contribution in [0.5, 0.6) is 5.75 Å². The van der Waals surface area contributed by atoms with Crippen LogP contribution < -0.4 is 4.74 Å². The molecule has 1 aromatic carbocycles. The molecular formula is C21H29N3O2. The summed E-state index contributed by atoms with van der Waals surface area (Å²) in [7, 11) is 0. The molecule has 0 spiro atoms. The predicted octanol–water partition coefficient (Wildman–Crippen LogP) is 3.57. The van der Waals surface area contributed by atoms with E-state index in [1.807, 2.05) is 40.8 Å². The van der Waals surface area contributed by atoms with Crippen molar-refractivity contribution < 1.29 is 9.53 Å². The Morgan fingerprint density at radius 3 is 2.65 bits per heavy atom. The van der Waals surface area contributed by atoms with E-state index < -0.39 is 0 Å². The highest BCUT2D eigenvalue weighted by molar-refractivity contribution is 5.93. The number of rotatable bonds is 7. The second-order valence-electron chi connectivity index (χ2n) is 7.35. The van der Waals surface area contributed by atoms with Crippen molar-refractivity contribution in [1.82, 2.24) is 14.7 Å². The van der Waals surface area contributed by atoms with Gasteiger partial charge in [0.15, 0.2) is 0 Å². The fraction of sp³-hybridized carbons (Fsp3) is 0.524. The molecule has 140 valence electrons. The summed E-state index contributed by atoms with van der Waals surface area (Å²) in [5.41, 5.74) is 2.89. The molecule has 1 aromatic heterocycles. The summed E-state index contributed by atoms with van der Waals surface area (Å²) in [5.74, 6) is 1.52. The number of amides is 1. The number of hydrogen-bond acceptors (Lipinski definition) is 3. The Labute approximate surface area is 156 Å². The third-order valence-electron chi connectivity index (χ3n) is 4.75. The van der Waals surface area contributed by atoms with Gasteiger partial charge in [0.2, 0.25) is 0 Å². The van der Waals surface area contributed by atoms with Gasteiger partial charge in [-0.05, 0) is 43.4 Å². The van der Waals surface area contributed by atoms with Crippen molar-refractivity contribution in [2.24, 2.45) is 5.92 Å². The van der Waals surface area contributed by atoms with E-state index in [0.29, 0.717) is 31.2 Å². The van der Waals surface area contributed by atoms with E-state index in [1.165, 1.54) is 5.56 Å². The smallest absolute Gasteiger partial charge is 0.272 e. The van der Waals surface area contributed by atoms with Gasteiger partial charge in [0.1, 0.15) is 17.5 Å². The van der Waals surface area contributed by atoms with Crippen LogP contribution in [0, 0.1) is 5.92 Å². The highest BCUT2D eigenvalue weighted by Crippen LogP contribution is 2.24. The minimum absolute atomic E-state index is 0.0537. The Balaban J connectivity index is 1.62. The molecule has 5 heteroatoms. The van der Waals surface area contributed by atoms with Crippen molar-refractivity contribution in [2.45, 2.75) is 53.2 Å². The summed E-state index contributed by atoms with van der Waals surface area (Å²) in [4.78, 5) is 14.7. The molecular weight excluding hydrogens is 326 g/mol. The quantitative estimate of drug-likeness (QED) is 0.763. The molecule has 0 saturated carbocycles. The number of ether oxygens (including phenoxy) is 1. The van der Waals surface area contributed by atoms with Crippen molar-refractivity contribution in [3.8, 4) is 5.75 Å². The number of benzene rings is 1. The number of para-hydroxylation sites is 1. The highest BCUT2D eigenvalue weighted by Gasteiger charge is 2.34. The summed E-state index contributed by atoms with van der Waals surface area (Å²) in [6.45, 7) is 10.4. The largest absolute Gasteiger partial charge is 0.486 e. The van der Waals surface area contributed by atoms with Gasteiger partial charge in [-0.25, -0.2) is 0 Å². The molecule has 5 nitrogen and oxygen atoms in total. The van der Waals surface area contributed by atoms with Gasteiger partial charge >= 0.3 is 0 Å². The normalized spacial score (nSPS) is 14.6. The van der Waals surface area contributed by atoms with E-state index in [-0.39, 0.29) is 12.0 Å². The lowest BCUT2D eigenvalue weighted by atomic mass is 10.1. The molecule has 0 unspecified atom stereocenters. The van der Waals surface area contributed by atoms with Crippen molar-refractivity contribution in [1.29, 1.82) is 0 Å². The van der Waals surface area contributed by atoms with Crippen molar-refractivity contribution in [2.75, 3.05) is 13.1 Å². The molecule has 0 aliphatic carbocycles. The monoisotopic (exact) mass is 355 g/mol. The third kappa shape index (κ3) is 3.92. The maximum absolute atomic E-state index is 12.8. The van der Waals surface area contributed by atoms with Crippen LogP contribution in [0.3, 0.4) is 0 Å². The van der Waals surface area contributed by atoms with Crippen molar-refractivity contribution >= 4 is 5.91 Å². The van der Waals surface area contributed by atoms with Crippen LogP contribution in [0.15, 0.2) is 30.3 Å². The standard InChI is InChI=1S/C21H29N3O2/c1-5-16-9-7-8-10-20(16)26-18-13-23(14-18)21(25)19-12-17(11-15(3)4)22-24(19)6-2/h7-10,12,15,18H,5-6,11,13-14H2,1-4H3. The van der Waals surface area contributed by atoms with Crippen LogP contribution in [0.4, 0.5) is 0 Å². The van der Waals surface area contributed by atoms with Gasteiger partial charge in [0, 0.05) is 6.54 Å². The Morgan fingerprint density at radius 1 is 1.27 bits per heavy atom. The van der Waals surface area contributed by atoms with Crippen LogP contribution in [-0.2, 0) is 19.4 Å². The number of nitrogens with zero attached hydrogens (tertiary/aromatic N) is 3. The SMILES string of the molecule is CCc1ccccc1OC1CN(C(=O)c2cc(CC(C)C)nn2CC)C1. The molecule has 1 fully saturated rings. The molecule has 1 amide bonds. The van der Waals surface area contributed by atoms with Gasteiger partial charge in [0.05, 0.1) is 18.8 Å². The summed E-state index contributed by atoms with van der Waals surface area (Å²) in [6, 6.07) is 10.1. The fourth-order valence-electron chi connectivity index (χ4n) is 3.33. The first kappa shape index (κ1) is 18.5. The molecule has 0 atom stereocenters. The lowest BCUT2D eigenvalue weighted by Crippen LogP contribution is -2.56. The lowest BCUT2D eigenvalue weighted by molar-refractivity contribution is 0.0165. The first-order chi connectivity index (χ1) is 12.5. The minimum Gasteiger partial charge on any atom is -0.486 e. The second kappa shape index (κ2) is 7.94. The Morgan fingerprint density at radius 2 is 2.00 bits per heavy atom. The summed E-state index contributed by atoms with van der Waals surface area (Å²) in [5, 5.41) is 4.58. The Kier molecular flexibility index (Phi) is 5.64. The number of hydrogen-bond donors (Lipinski definition) is 0. The molecule has 26 heavy (non-hydrogen) atoms. The second-order valence-corrected chi connectivity index (χ2v) is 7.35. The number of carbonyl (C=O) groups is 1. The third-order valence-corrected chi connectivity index (χ3v) is 4.75. The van der Waals surface area contributed by atoms with Crippen LogP contribution in [0.25, 0.3) is 0 Å². The molecule has 1 aliphatic rings. The molecule has 0 N–H and O–H groups in total. The molecule has 2 heterocycles. The van der Waals surface area contributed by atoms with Crippen LogP contribution in [-0.4, -0.2) is 39.8 Å². The van der Waals surface area contributed by atoms with Crippen molar-refractivity contribution in [3.63, 3.8) is 0 Å². The summed E-state index contributed by atoms with van der Waals surface area (Å²) >= 11 is 0. The highest BCUT2D eigenvalue weighted by atomic mass is 16.5. The van der Waals surface area contributed by atoms with Gasteiger partial charge in [-0.1, -0.05) is 39.0 Å². The zero-order valence-corrected chi connectivity index (χ0v) is 16.2. The van der Waals surface area contributed by atoms with E-state index >= 15 is 0 Å². The van der Waals surface area contributed by atoms with E-state index in [1.54, 1.807) is 0 Å². The molecule has 1 saturated heterocycles. The van der Waals surface area contributed by atoms with E-state index in [9.17, 15) is 4.79 Å². The van der Waals surface area contributed by atoms with Crippen LogP contribution >= 0.6 is 0 Å². The summed E-state index contributed by atoms with van der Waals surface area (Å²) < 4.78 is 7.91. The Bertz CT molecular complexity index is 760. The van der Waals surface area contributed by atoms with Gasteiger partial charge in [-0.15, -0.1) is 0 Å². The zero-order valence-electron chi connectivity index (χ0n) is 16.2. The average Bonchev–Trinajstić information content (AvgIpc) is 2.99. The zero-order chi connectivity index (χ0) is 18.7. The fourth-order valence-corrected chi connectivity index (χ4v) is 3.33. The summed E-state index contributed by atoms with van der Waals surface area (Å²) in [6.07, 6.45) is 1.91. The average molecular weight is 355 g/mol. The van der Waals surface area contributed by atoms with Gasteiger partial charge in [0.25, 0.3) is 5.91 Å². The van der Waals surface area contributed by atoms with E-state index in [4.69, 9.17) is 4.74 Å². The molecule has 0 bridgehead atoms. The van der Waals surface area contributed by atoms with E-state index in [2.05, 4.69) is 31.9 Å². The van der Waals surface area contributed by atoms with Crippen molar-refractivity contribution in [3.05, 3.63) is 47.3 Å².